The summed E-state index contributed by atoms with van der Waals surface area (Å²) in [4.78, 5) is 15.0. The molecule has 0 spiro atoms. The van der Waals surface area contributed by atoms with Crippen LogP contribution in [0.25, 0.3) is 61.6 Å². The van der Waals surface area contributed by atoms with Crippen LogP contribution in [0.3, 0.4) is 0 Å². The summed E-state index contributed by atoms with van der Waals surface area (Å²) in [7, 11) is 0. The van der Waals surface area contributed by atoms with E-state index in [1.165, 1.54) is 16.5 Å². The van der Waals surface area contributed by atoms with Crippen LogP contribution in [0, 0.1) is 0 Å². The van der Waals surface area contributed by atoms with Gasteiger partial charge in [-0.3, -0.25) is 0 Å². The fourth-order valence-corrected chi connectivity index (χ4v) is 5.20. The second-order valence-corrected chi connectivity index (χ2v) is 9.73. The van der Waals surface area contributed by atoms with Crippen LogP contribution in [0.15, 0.2) is 140 Å². The summed E-state index contributed by atoms with van der Waals surface area (Å²) in [5, 5.41) is 5.56. The number of allylic oxidation sites excluding steroid dienone is 2. The van der Waals surface area contributed by atoms with Gasteiger partial charge >= 0.3 is 0 Å². The maximum absolute atomic E-state index is 5.04. The second-order valence-electron chi connectivity index (χ2n) is 9.73. The summed E-state index contributed by atoms with van der Waals surface area (Å²) in [5.41, 5.74) is 7.55. The number of nitrogens with one attached hydrogen (secondary N) is 1. The summed E-state index contributed by atoms with van der Waals surface area (Å²) >= 11 is 0. The molecule has 0 unspecified atom stereocenters. The third-order valence-corrected chi connectivity index (χ3v) is 7.20. The molecule has 0 atom stereocenters. The molecule has 40 heavy (non-hydrogen) atoms. The molecule has 1 aliphatic rings. The van der Waals surface area contributed by atoms with Crippen molar-refractivity contribution in [3.63, 3.8) is 0 Å². The van der Waals surface area contributed by atoms with Gasteiger partial charge in [-0.2, -0.15) is 0 Å². The van der Waals surface area contributed by atoms with Crippen LogP contribution in [0.4, 0.5) is 0 Å². The van der Waals surface area contributed by atoms with Crippen molar-refractivity contribution in [1.82, 2.24) is 20.3 Å². The third-order valence-electron chi connectivity index (χ3n) is 7.20. The molecule has 7 rings (SSSR count). The lowest BCUT2D eigenvalue weighted by Crippen LogP contribution is -2.08. The van der Waals surface area contributed by atoms with Crippen LogP contribution in [0.1, 0.15) is 5.56 Å². The normalized spacial score (nSPS) is 12.7. The lowest BCUT2D eigenvalue weighted by molar-refractivity contribution is 0.976. The van der Waals surface area contributed by atoms with Crippen LogP contribution in [-0.4, -0.2) is 21.5 Å². The Hall–Kier alpha value is -5.35. The highest BCUT2D eigenvalue weighted by Crippen LogP contribution is 2.38. The molecule has 1 N–H and O–H groups in total. The Morgan fingerprint density at radius 3 is 1.75 bits per heavy atom. The minimum absolute atomic E-state index is 0.654. The molecule has 0 aliphatic carbocycles. The van der Waals surface area contributed by atoms with Crippen molar-refractivity contribution < 1.29 is 0 Å². The highest BCUT2D eigenvalue weighted by Gasteiger charge is 2.18. The number of aromatic nitrogens is 3. The fourth-order valence-electron chi connectivity index (χ4n) is 5.20. The first-order valence-corrected chi connectivity index (χ1v) is 13.4. The van der Waals surface area contributed by atoms with E-state index in [-0.39, 0.29) is 0 Å². The lowest BCUT2D eigenvalue weighted by atomic mass is 9.91. The molecule has 1 aromatic heterocycles. The molecule has 0 bridgehead atoms. The number of hydrogen-bond acceptors (Lipinski definition) is 4. The Morgan fingerprint density at radius 1 is 0.500 bits per heavy atom. The average molecular weight is 515 g/mol. The van der Waals surface area contributed by atoms with Crippen LogP contribution in [0.2, 0.25) is 0 Å². The molecule has 0 amide bonds. The predicted molar refractivity (Wildman–Crippen MR) is 164 cm³/mol. The van der Waals surface area contributed by atoms with Crippen molar-refractivity contribution in [1.29, 1.82) is 0 Å². The average Bonchev–Trinajstić information content (AvgIpc) is 3.05. The fraction of sp³-hybridized carbons (Fsp3) is 0.0278. The zero-order valence-corrected chi connectivity index (χ0v) is 21.8. The van der Waals surface area contributed by atoms with Crippen molar-refractivity contribution in [2.75, 3.05) is 6.54 Å². The van der Waals surface area contributed by atoms with Gasteiger partial charge in [0.25, 0.3) is 0 Å². The van der Waals surface area contributed by atoms with Crippen molar-refractivity contribution in [2.45, 2.75) is 0 Å². The molecule has 4 heteroatoms. The zero-order valence-electron chi connectivity index (χ0n) is 21.8. The monoisotopic (exact) mass is 514 g/mol. The molecule has 2 heterocycles. The third kappa shape index (κ3) is 4.56. The Kier molecular flexibility index (Phi) is 6.19. The smallest absolute Gasteiger partial charge is 0.164 e. The predicted octanol–water partition coefficient (Wildman–Crippen LogP) is 8.19. The van der Waals surface area contributed by atoms with E-state index >= 15 is 0 Å². The molecule has 0 saturated heterocycles. The first kappa shape index (κ1) is 23.7. The van der Waals surface area contributed by atoms with Crippen molar-refractivity contribution in [3.8, 4) is 45.3 Å². The van der Waals surface area contributed by atoms with Gasteiger partial charge in [-0.25, -0.2) is 15.0 Å². The standard InChI is InChI=1S/C36H26N4/c1-3-10-29(11-4-1)34-38-35(30-12-5-2-6-13-30)40-36(39-34)32-20-19-27-9-7-8-14-31(27)33(32)28-17-15-25(16-18-28)26-21-23-37-24-22-26/h1-23,37H,24H2. The van der Waals surface area contributed by atoms with Gasteiger partial charge in [0.2, 0.25) is 0 Å². The summed E-state index contributed by atoms with van der Waals surface area (Å²) < 4.78 is 0. The Labute approximate surface area is 233 Å². The van der Waals surface area contributed by atoms with Gasteiger partial charge in [0.1, 0.15) is 0 Å². The molecule has 1 aliphatic heterocycles. The number of benzene rings is 5. The minimum Gasteiger partial charge on any atom is -0.387 e. The summed E-state index contributed by atoms with van der Waals surface area (Å²) in [5.74, 6) is 1.97. The lowest BCUT2D eigenvalue weighted by Gasteiger charge is -2.15. The number of hydrogen-bond donors (Lipinski definition) is 1. The van der Waals surface area contributed by atoms with Gasteiger partial charge in [-0.15, -0.1) is 0 Å². The first-order chi connectivity index (χ1) is 19.8. The maximum atomic E-state index is 5.04. The first-order valence-electron chi connectivity index (χ1n) is 13.4. The Bertz CT molecular complexity index is 1810. The van der Waals surface area contributed by atoms with Crippen LogP contribution in [-0.2, 0) is 0 Å². The number of dihydropyridines is 1. The van der Waals surface area contributed by atoms with E-state index in [1.807, 2.05) is 66.9 Å². The zero-order chi connectivity index (χ0) is 26.7. The molecule has 0 fully saturated rings. The molecule has 190 valence electrons. The van der Waals surface area contributed by atoms with Gasteiger partial charge in [0, 0.05) is 28.8 Å². The van der Waals surface area contributed by atoms with Crippen molar-refractivity contribution in [3.05, 3.63) is 145 Å². The van der Waals surface area contributed by atoms with E-state index in [1.54, 1.807) is 0 Å². The minimum atomic E-state index is 0.654. The van der Waals surface area contributed by atoms with E-state index in [0.29, 0.717) is 17.5 Å². The van der Waals surface area contributed by atoms with Crippen LogP contribution in [0.5, 0.6) is 0 Å². The largest absolute Gasteiger partial charge is 0.387 e. The van der Waals surface area contributed by atoms with Crippen molar-refractivity contribution in [2.24, 2.45) is 0 Å². The van der Waals surface area contributed by atoms with Gasteiger partial charge in [0.05, 0.1) is 0 Å². The summed E-state index contributed by atoms with van der Waals surface area (Å²) in [6, 6.07) is 41.8. The molecule has 4 nitrogen and oxygen atoms in total. The van der Waals surface area contributed by atoms with Crippen LogP contribution >= 0.6 is 0 Å². The Morgan fingerprint density at radius 2 is 1.10 bits per heavy atom. The van der Waals surface area contributed by atoms with Gasteiger partial charge < -0.3 is 5.32 Å². The Balaban J connectivity index is 1.44. The number of rotatable bonds is 5. The number of nitrogens with zero attached hydrogens (tertiary/aromatic N) is 3. The highest BCUT2D eigenvalue weighted by molar-refractivity contribution is 6.03. The van der Waals surface area contributed by atoms with E-state index in [2.05, 4.69) is 78.1 Å². The maximum Gasteiger partial charge on any atom is 0.164 e. The molecule has 5 aromatic carbocycles. The van der Waals surface area contributed by atoms with Crippen molar-refractivity contribution >= 4 is 16.3 Å². The number of fused-ring (bicyclic) bond motifs is 1. The van der Waals surface area contributed by atoms with Crippen LogP contribution < -0.4 is 5.32 Å². The highest BCUT2D eigenvalue weighted by atomic mass is 15.0. The molecule has 6 aromatic rings. The SMILES string of the molecule is C1=CC(c2ccc(-c3c(-c4nc(-c5ccccc5)nc(-c5ccccc5)n4)ccc4ccccc34)cc2)=CCN1. The van der Waals surface area contributed by atoms with E-state index in [9.17, 15) is 0 Å². The van der Waals surface area contributed by atoms with Gasteiger partial charge in [-0.05, 0) is 45.8 Å². The molecule has 0 saturated carbocycles. The van der Waals surface area contributed by atoms with Gasteiger partial charge in [0.15, 0.2) is 17.5 Å². The van der Waals surface area contributed by atoms with E-state index in [0.717, 1.165) is 39.7 Å². The van der Waals surface area contributed by atoms with Gasteiger partial charge in [-0.1, -0.05) is 121 Å². The quantitative estimate of drug-likeness (QED) is 0.252. The molecular weight excluding hydrogens is 488 g/mol. The molecular formula is C36H26N4. The topological polar surface area (TPSA) is 50.7 Å². The summed E-state index contributed by atoms with van der Waals surface area (Å²) in [6.07, 6.45) is 6.32. The molecule has 0 radical (unpaired) electrons. The van der Waals surface area contributed by atoms with E-state index in [4.69, 9.17) is 15.0 Å². The van der Waals surface area contributed by atoms with E-state index < -0.39 is 0 Å². The summed E-state index contributed by atoms with van der Waals surface area (Å²) in [6.45, 7) is 0.841. The second kappa shape index (κ2) is 10.4.